The van der Waals surface area contributed by atoms with Crippen molar-refractivity contribution in [2.75, 3.05) is 13.7 Å². The molecule has 4 heterocycles. The Labute approximate surface area is 314 Å². The maximum atomic E-state index is 13.9. The minimum atomic E-state index is -2.11. The minimum absolute atomic E-state index is 0.0860. The minimum Gasteiger partial charge on any atom is -0.504 e. The molecule has 6 rings (SSSR count). The van der Waals surface area contributed by atoms with Gasteiger partial charge >= 0.3 is 0 Å². The molecule has 0 spiro atoms. The zero-order valence-electron chi connectivity index (χ0n) is 29.6. The summed E-state index contributed by atoms with van der Waals surface area (Å²) in [4.78, 5) is 13.9. The van der Waals surface area contributed by atoms with Crippen molar-refractivity contribution in [2.45, 2.75) is 106 Å². The molecule has 13 N–H and O–H groups in total. The van der Waals surface area contributed by atoms with E-state index in [1.165, 1.54) is 27.0 Å². The van der Waals surface area contributed by atoms with E-state index >= 15 is 0 Å². The predicted molar refractivity (Wildman–Crippen MR) is 180 cm³/mol. The van der Waals surface area contributed by atoms with Crippen molar-refractivity contribution < 1.29 is 104 Å². The lowest BCUT2D eigenvalue weighted by Crippen LogP contribution is -2.63. The van der Waals surface area contributed by atoms with E-state index in [1.54, 1.807) is 0 Å². The number of fused-ring (bicyclic) bond motifs is 1. The number of hydrogen-bond acceptors (Lipinski definition) is 22. The predicted octanol–water partition coefficient (Wildman–Crippen LogP) is -3.12. The molecule has 0 amide bonds. The SMILES string of the molecule is COc1cc(-c2oc3c(O)c(O)c(O)c(O)c3c(=O)c2O[C@@H]2O[C@H](CO[C@@H]3O[C@@H](C)[C@H](O[C@@H]4O[C@@H](C)[C@H](O)[C@@H](O)[C@H]4O)[C@@H](O)[C@H]3O)[C@@H](O)[C@H](O)[C@H]2O)ccc1O. The van der Waals surface area contributed by atoms with E-state index in [1.807, 2.05) is 0 Å². The lowest BCUT2D eigenvalue weighted by molar-refractivity contribution is -0.357. The number of aromatic hydroxyl groups is 5. The normalized spacial score (nSPS) is 36.4. The molecule has 56 heavy (non-hydrogen) atoms. The van der Waals surface area contributed by atoms with Crippen molar-refractivity contribution >= 4 is 11.0 Å². The highest BCUT2D eigenvalue weighted by atomic mass is 16.7. The third kappa shape index (κ3) is 7.24. The first-order valence-electron chi connectivity index (χ1n) is 17.1. The van der Waals surface area contributed by atoms with Crippen molar-refractivity contribution in [2.24, 2.45) is 0 Å². The smallest absolute Gasteiger partial charge is 0.239 e. The standard InChI is InChI=1S/C34H42O22/c1-8-15(36)19(40)25(46)33(51-8)55-28-9(2)52-32(27(48)24(28)45)50-7-13-16(37)20(41)26(47)34(53-13)56-31-18(39)14-17(38)21(42)22(43)23(44)30(14)54-29(31)10-4-5-11(35)12(6-10)49-3/h4-6,8-9,13,15-16,19-20,24-28,32-38,40-48H,7H2,1-3H3/t8-,9-,13+,15-,16+,19+,20-,24-,25+,26+,27+,28-,32+,33-,34-/m0/s1. The summed E-state index contributed by atoms with van der Waals surface area (Å²) in [5.74, 6) is -6.87. The van der Waals surface area contributed by atoms with E-state index < -0.39 is 150 Å². The van der Waals surface area contributed by atoms with Crippen LogP contribution in [0.1, 0.15) is 13.8 Å². The van der Waals surface area contributed by atoms with Crippen molar-refractivity contribution in [1.29, 1.82) is 0 Å². The van der Waals surface area contributed by atoms with Crippen molar-refractivity contribution in [3.63, 3.8) is 0 Å². The Hall–Kier alpha value is -4.27. The summed E-state index contributed by atoms with van der Waals surface area (Å²) in [5.41, 5.74) is -2.23. The van der Waals surface area contributed by atoms with Crippen LogP contribution in [0.4, 0.5) is 0 Å². The molecule has 3 fully saturated rings. The fraction of sp³-hybridized carbons (Fsp3) is 0.559. The molecule has 2 aromatic carbocycles. The van der Waals surface area contributed by atoms with Crippen LogP contribution in [0, 0.1) is 0 Å². The van der Waals surface area contributed by atoms with E-state index in [-0.39, 0.29) is 17.1 Å². The molecule has 0 saturated carbocycles. The number of methoxy groups -OCH3 is 1. The van der Waals surface area contributed by atoms with Gasteiger partial charge in [-0.15, -0.1) is 0 Å². The van der Waals surface area contributed by atoms with Gasteiger partial charge in [0.25, 0.3) is 0 Å². The number of benzene rings is 2. The highest BCUT2D eigenvalue weighted by Crippen LogP contribution is 2.50. The van der Waals surface area contributed by atoms with Crippen LogP contribution < -0.4 is 14.9 Å². The van der Waals surface area contributed by atoms with E-state index in [2.05, 4.69) is 0 Å². The van der Waals surface area contributed by atoms with Crippen LogP contribution in [0.2, 0.25) is 0 Å². The average molecular weight is 803 g/mol. The van der Waals surface area contributed by atoms with Crippen LogP contribution in [0.25, 0.3) is 22.3 Å². The highest BCUT2D eigenvalue weighted by molar-refractivity contribution is 5.96. The van der Waals surface area contributed by atoms with Crippen molar-refractivity contribution in [3.05, 3.63) is 28.4 Å². The molecule has 1 aromatic heterocycles. The Morgan fingerprint density at radius 3 is 1.95 bits per heavy atom. The molecule has 3 aromatic rings. The number of aliphatic hydroxyl groups excluding tert-OH is 8. The lowest BCUT2D eigenvalue weighted by atomic mass is 9.97. The summed E-state index contributed by atoms with van der Waals surface area (Å²) >= 11 is 0. The van der Waals surface area contributed by atoms with Gasteiger partial charge in [-0.3, -0.25) is 4.79 Å². The molecule has 0 aliphatic carbocycles. The second-order valence-corrected chi connectivity index (χ2v) is 13.5. The lowest BCUT2D eigenvalue weighted by Gasteiger charge is -2.46. The van der Waals surface area contributed by atoms with E-state index in [9.17, 15) is 71.2 Å². The zero-order chi connectivity index (χ0) is 41.1. The Bertz CT molecular complexity index is 1950. The van der Waals surface area contributed by atoms with Crippen LogP contribution in [0.3, 0.4) is 0 Å². The van der Waals surface area contributed by atoms with Crippen LogP contribution in [0.15, 0.2) is 27.4 Å². The van der Waals surface area contributed by atoms with Gasteiger partial charge in [-0.2, -0.15) is 0 Å². The van der Waals surface area contributed by atoms with Gasteiger partial charge in [0.2, 0.25) is 34.7 Å². The Kier molecular flexibility index (Phi) is 11.8. The van der Waals surface area contributed by atoms with Gasteiger partial charge in [-0.05, 0) is 32.0 Å². The Morgan fingerprint density at radius 2 is 1.27 bits per heavy atom. The Balaban J connectivity index is 1.24. The third-order valence-corrected chi connectivity index (χ3v) is 9.84. The average Bonchev–Trinajstić information content (AvgIpc) is 3.17. The maximum Gasteiger partial charge on any atom is 0.239 e. The molecular formula is C34H42O22. The number of ether oxygens (including phenoxy) is 7. The van der Waals surface area contributed by atoms with Crippen LogP contribution in [0.5, 0.6) is 40.2 Å². The molecule has 0 unspecified atom stereocenters. The molecule has 3 aliphatic heterocycles. The highest BCUT2D eigenvalue weighted by Gasteiger charge is 2.51. The monoisotopic (exact) mass is 802 g/mol. The molecule has 0 bridgehead atoms. The summed E-state index contributed by atoms with van der Waals surface area (Å²) in [7, 11) is 1.21. The first-order valence-corrected chi connectivity index (χ1v) is 17.1. The van der Waals surface area contributed by atoms with Gasteiger partial charge in [0, 0.05) is 5.56 Å². The number of phenolic OH excluding ortho intramolecular Hbond substituents is 5. The number of phenols is 5. The molecule has 3 aliphatic rings. The van der Waals surface area contributed by atoms with Crippen molar-refractivity contribution in [3.8, 4) is 51.6 Å². The van der Waals surface area contributed by atoms with Crippen LogP contribution in [-0.2, 0) is 23.7 Å². The largest absolute Gasteiger partial charge is 0.504 e. The van der Waals surface area contributed by atoms with Crippen molar-refractivity contribution in [1.82, 2.24) is 0 Å². The number of aliphatic hydroxyl groups is 8. The van der Waals surface area contributed by atoms with Gasteiger partial charge in [0.15, 0.2) is 41.2 Å². The molecule has 22 nitrogen and oxygen atoms in total. The second-order valence-electron chi connectivity index (χ2n) is 13.5. The van der Waals surface area contributed by atoms with Gasteiger partial charge < -0.3 is 104 Å². The van der Waals surface area contributed by atoms with Gasteiger partial charge in [0.1, 0.15) is 66.4 Å². The summed E-state index contributed by atoms with van der Waals surface area (Å²) < 4.78 is 44.5. The van der Waals surface area contributed by atoms with Gasteiger partial charge in [-0.25, -0.2) is 0 Å². The summed E-state index contributed by atoms with van der Waals surface area (Å²) in [6, 6.07) is 3.50. The summed E-state index contributed by atoms with van der Waals surface area (Å²) in [5, 5.41) is 135. The number of rotatable bonds is 9. The molecule has 3 saturated heterocycles. The molecule has 0 radical (unpaired) electrons. The van der Waals surface area contributed by atoms with Gasteiger partial charge in [0.05, 0.1) is 25.9 Å². The van der Waals surface area contributed by atoms with E-state index in [4.69, 9.17) is 37.6 Å². The van der Waals surface area contributed by atoms with Crippen LogP contribution >= 0.6 is 0 Å². The quantitative estimate of drug-likeness (QED) is 0.0751. The first kappa shape index (κ1) is 41.4. The maximum absolute atomic E-state index is 13.9. The third-order valence-electron chi connectivity index (χ3n) is 9.84. The van der Waals surface area contributed by atoms with E-state index in [0.717, 1.165) is 12.1 Å². The summed E-state index contributed by atoms with van der Waals surface area (Å²) in [6.45, 7) is 2.08. The second kappa shape index (κ2) is 15.9. The molecule has 22 heteroatoms. The fourth-order valence-corrected chi connectivity index (χ4v) is 6.54. The molecule has 15 atom stereocenters. The number of hydrogen-bond donors (Lipinski definition) is 13. The molecule has 310 valence electrons. The topological polar surface area (TPSA) is 358 Å². The van der Waals surface area contributed by atoms with Gasteiger partial charge in [-0.1, -0.05) is 0 Å². The van der Waals surface area contributed by atoms with E-state index in [0.29, 0.717) is 0 Å². The Morgan fingerprint density at radius 1 is 0.661 bits per heavy atom. The summed E-state index contributed by atoms with van der Waals surface area (Å²) in [6.07, 6.45) is -24.8. The van der Waals surface area contributed by atoms with Crippen LogP contribution in [-0.4, -0.2) is 172 Å². The first-order chi connectivity index (χ1) is 26.4. The fourth-order valence-electron chi connectivity index (χ4n) is 6.54. The molecular weight excluding hydrogens is 760 g/mol. The zero-order valence-corrected chi connectivity index (χ0v) is 29.6.